The number of aryl methyl sites for hydroxylation is 1. The van der Waals surface area contributed by atoms with Crippen LogP contribution in [0.1, 0.15) is 24.5 Å². The van der Waals surface area contributed by atoms with Gasteiger partial charge in [0.05, 0.1) is 0 Å². The van der Waals surface area contributed by atoms with Gasteiger partial charge in [-0.1, -0.05) is 13.0 Å². The predicted molar refractivity (Wildman–Crippen MR) is 58.0 cm³/mol. The van der Waals surface area contributed by atoms with E-state index in [0.29, 0.717) is 12.0 Å². The van der Waals surface area contributed by atoms with Crippen LogP contribution in [0.15, 0.2) is 12.1 Å². The first-order valence-electron chi connectivity index (χ1n) is 5.31. The Morgan fingerprint density at radius 2 is 2.00 bits per heavy atom. The zero-order valence-electron chi connectivity index (χ0n) is 9.24. The smallest absolute Gasteiger partial charge is 0.132 e. The fraction of sp³-hybridized carbons (Fsp3) is 0.500. The summed E-state index contributed by atoms with van der Waals surface area (Å²) in [5.41, 5.74) is 0.725. The van der Waals surface area contributed by atoms with E-state index in [1.807, 2.05) is 6.92 Å². The van der Waals surface area contributed by atoms with Crippen molar-refractivity contribution in [1.29, 1.82) is 0 Å². The van der Waals surface area contributed by atoms with Gasteiger partial charge in [0.2, 0.25) is 0 Å². The molecule has 0 heterocycles. The van der Waals surface area contributed by atoms with Crippen LogP contribution in [0, 0.1) is 18.6 Å². The Morgan fingerprint density at radius 1 is 1.27 bits per heavy atom. The minimum absolute atomic E-state index is 0.216. The molecule has 15 heavy (non-hydrogen) atoms. The second-order valence-corrected chi connectivity index (χ2v) is 3.61. The molecule has 0 aliphatic carbocycles. The van der Waals surface area contributed by atoms with Crippen molar-refractivity contribution in [3.8, 4) is 0 Å². The van der Waals surface area contributed by atoms with Gasteiger partial charge in [0.25, 0.3) is 0 Å². The lowest BCUT2D eigenvalue weighted by molar-refractivity contribution is 0.540. The Morgan fingerprint density at radius 3 is 2.67 bits per heavy atom. The number of hydrogen-bond donors (Lipinski definition) is 1. The third-order valence-electron chi connectivity index (χ3n) is 2.41. The van der Waals surface area contributed by atoms with E-state index < -0.39 is 11.6 Å². The van der Waals surface area contributed by atoms with Crippen molar-refractivity contribution >= 4 is 0 Å². The summed E-state index contributed by atoms with van der Waals surface area (Å²) >= 11 is 0. The second kappa shape index (κ2) is 5.81. The molecule has 1 aromatic carbocycles. The molecular formula is C12H17F2N. The average molecular weight is 213 g/mol. The van der Waals surface area contributed by atoms with E-state index in [2.05, 4.69) is 5.32 Å². The van der Waals surface area contributed by atoms with E-state index in [4.69, 9.17) is 0 Å². The Kier molecular flexibility index (Phi) is 4.69. The summed E-state index contributed by atoms with van der Waals surface area (Å²) < 4.78 is 26.8. The Balaban J connectivity index is 2.63. The summed E-state index contributed by atoms with van der Waals surface area (Å²) in [7, 11) is 0. The minimum Gasteiger partial charge on any atom is -0.317 e. The highest BCUT2D eigenvalue weighted by Gasteiger charge is 2.10. The standard InChI is InChI=1S/C12H17F2N/c1-3-15-8-4-5-10-11(13)7-6-9(2)12(10)14/h6-7,15H,3-5,8H2,1-2H3. The van der Waals surface area contributed by atoms with Crippen LogP contribution in [0.5, 0.6) is 0 Å². The maximum atomic E-state index is 13.5. The summed E-state index contributed by atoms with van der Waals surface area (Å²) in [4.78, 5) is 0. The number of halogens is 2. The fourth-order valence-corrected chi connectivity index (χ4v) is 1.51. The van der Waals surface area contributed by atoms with Gasteiger partial charge in [-0.15, -0.1) is 0 Å². The van der Waals surface area contributed by atoms with E-state index >= 15 is 0 Å². The topological polar surface area (TPSA) is 12.0 Å². The van der Waals surface area contributed by atoms with E-state index in [1.165, 1.54) is 12.1 Å². The van der Waals surface area contributed by atoms with Crippen molar-refractivity contribution in [3.05, 3.63) is 34.9 Å². The highest BCUT2D eigenvalue weighted by molar-refractivity contribution is 5.26. The van der Waals surface area contributed by atoms with Gasteiger partial charge >= 0.3 is 0 Å². The first kappa shape index (κ1) is 12.1. The van der Waals surface area contributed by atoms with Crippen molar-refractivity contribution < 1.29 is 8.78 Å². The van der Waals surface area contributed by atoms with Crippen LogP contribution < -0.4 is 5.32 Å². The Bertz CT molecular complexity index is 324. The molecule has 1 aromatic rings. The Hall–Kier alpha value is -0.960. The molecule has 1 rings (SSSR count). The molecule has 0 fully saturated rings. The summed E-state index contributed by atoms with van der Waals surface area (Å²) in [6, 6.07) is 2.81. The zero-order valence-corrected chi connectivity index (χ0v) is 9.24. The first-order chi connectivity index (χ1) is 7.16. The van der Waals surface area contributed by atoms with E-state index in [-0.39, 0.29) is 5.56 Å². The molecular weight excluding hydrogens is 196 g/mol. The molecule has 0 aliphatic heterocycles. The molecule has 0 amide bonds. The van der Waals surface area contributed by atoms with Crippen LogP contribution in [-0.2, 0) is 6.42 Å². The molecule has 0 aliphatic rings. The normalized spacial score (nSPS) is 10.7. The van der Waals surface area contributed by atoms with Crippen LogP contribution in [0.25, 0.3) is 0 Å². The number of hydrogen-bond acceptors (Lipinski definition) is 1. The van der Waals surface area contributed by atoms with Gasteiger partial charge in [-0.3, -0.25) is 0 Å². The Labute approximate surface area is 89.5 Å². The summed E-state index contributed by atoms with van der Waals surface area (Å²) in [5.74, 6) is -0.832. The van der Waals surface area contributed by atoms with Crippen LogP contribution in [0.4, 0.5) is 8.78 Å². The quantitative estimate of drug-likeness (QED) is 0.742. The first-order valence-corrected chi connectivity index (χ1v) is 5.31. The van der Waals surface area contributed by atoms with Crippen LogP contribution in [0.3, 0.4) is 0 Å². The molecule has 0 saturated carbocycles. The van der Waals surface area contributed by atoms with Gasteiger partial charge in [0.1, 0.15) is 11.6 Å². The van der Waals surface area contributed by atoms with Crippen LogP contribution in [0.2, 0.25) is 0 Å². The molecule has 3 heteroatoms. The number of nitrogens with one attached hydrogen (secondary N) is 1. The SMILES string of the molecule is CCNCCCc1c(F)ccc(C)c1F. The third-order valence-corrected chi connectivity index (χ3v) is 2.41. The zero-order chi connectivity index (χ0) is 11.3. The van der Waals surface area contributed by atoms with Gasteiger partial charge in [-0.2, -0.15) is 0 Å². The second-order valence-electron chi connectivity index (χ2n) is 3.61. The maximum Gasteiger partial charge on any atom is 0.132 e. The van der Waals surface area contributed by atoms with Gasteiger partial charge in [0, 0.05) is 5.56 Å². The predicted octanol–water partition coefficient (Wildman–Crippen LogP) is 2.82. The van der Waals surface area contributed by atoms with E-state index in [1.54, 1.807) is 6.92 Å². The lowest BCUT2D eigenvalue weighted by Crippen LogP contribution is -2.15. The fourth-order valence-electron chi connectivity index (χ4n) is 1.51. The van der Waals surface area contributed by atoms with Crippen molar-refractivity contribution in [2.24, 2.45) is 0 Å². The average Bonchev–Trinajstić information content (AvgIpc) is 2.23. The van der Waals surface area contributed by atoms with E-state index in [9.17, 15) is 8.78 Å². The molecule has 1 N–H and O–H groups in total. The van der Waals surface area contributed by atoms with Gasteiger partial charge < -0.3 is 5.32 Å². The van der Waals surface area contributed by atoms with Crippen molar-refractivity contribution in [1.82, 2.24) is 5.32 Å². The van der Waals surface area contributed by atoms with E-state index in [0.717, 1.165) is 19.5 Å². The summed E-state index contributed by atoms with van der Waals surface area (Å²) in [6.07, 6.45) is 1.21. The summed E-state index contributed by atoms with van der Waals surface area (Å²) in [5, 5.41) is 3.13. The lowest BCUT2D eigenvalue weighted by atomic mass is 10.1. The minimum atomic E-state index is -0.436. The highest BCUT2D eigenvalue weighted by Crippen LogP contribution is 2.17. The summed E-state index contributed by atoms with van der Waals surface area (Å²) in [6.45, 7) is 5.35. The van der Waals surface area contributed by atoms with Crippen molar-refractivity contribution in [2.75, 3.05) is 13.1 Å². The molecule has 0 saturated heterocycles. The third kappa shape index (κ3) is 3.27. The van der Waals surface area contributed by atoms with Crippen molar-refractivity contribution in [3.63, 3.8) is 0 Å². The molecule has 0 unspecified atom stereocenters. The molecule has 0 aromatic heterocycles. The van der Waals surface area contributed by atoms with Gasteiger partial charge in [-0.05, 0) is 44.5 Å². The molecule has 0 spiro atoms. The monoisotopic (exact) mass is 213 g/mol. The molecule has 1 nitrogen and oxygen atoms in total. The van der Waals surface area contributed by atoms with Crippen LogP contribution >= 0.6 is 0 Å². The largest absolute Gasteiger partial charge is 0.317 e. The van der Waals surface area contributed by atoms with Crippen molar-refractivity contribution in [2.45, 2.75) is 26.7 Å². The number of rotatable bonds is 5. The van der Waals surface area contributed by atoms with Gasteiger partial charge in [-0.25, -0.2) is 8.78 Å². The molecule has 0 bridgehead atoms. The van der Waals surface area contributed by atoms with Crippen LogP contribution in [-0.4, -0.2) is 13.1 Å². The lowest BCUT2D eigenvalue weighted by Gasteiger charge is -2.07. The van der Waals surface area contributed by atoms with Gasteiger partial charge in [0.15, 0.2) is 0 Å². The molecule has 0 atom stereocenters. The molecule has 0 radical (unpaired) electrons. The maximum absolute atomic E-state index is 13.5. The molecule has 84 valence electrons. The highest BCUT2D eigenvalue weighted by atomic mass is 19.1. The number of benzene rings is 1.